The van der Waals surface area contributed by atoms with Crippen LogP contribution >= 0.6 is 23.2 Å². The lowest BCUT2D eigenvalue weighted by Gasteiger charge is -2.16. The molecular formula is C17H18Cl2N2O. The number of carbonyl (C=O) groups is 1. The van der Waals surface area contributed by atoms with Crippen LogP contribution in [0.5, 0.6) is 0 Å². The third kappa shape index (κ3) is 4.47. The molecule has 2 aromatic carbocycles. The molecule has 1 amide bonds. The Hall–Kier alpha value is -1.55. The summed E-state index contributed by atoms with van der Waals surface area (Å²) in [5.41, 5.74) is 2.66. The van der Waals surface area contributed by atoms with Crippen LogP contribution in [0.25, 0.3) is 0 Å². The summed E-state index contributed by atoms with van der Waals surface area (Å²) in [4.78, 5) is 12.0. The van der Waals surface area contributed by atoms with E-state index in [1.165, 1.54) is 0 Å². The normalized spacial score (nSPS) is 12.0. The third-order valence-electron chi connectivity index (χ3n) is 3.41. The molecule has 0 aliphatic carbocycles. The first kappa shape index (κ1) is 16.8. The van der Waals surface area contributed by atoms with E-state index in [1.807, 2.05) is 44.2 Å². The van der Waals surface area contributed by atoms with Gasteiger partial charge in [0, 0.05) is 21.8 Å². The second-order valence-corrected chi connectivity index (χ2v) is 5.98. The van der Waals surface area contributed by atoms with E-state index in [4.69, 9.17) is 23.2 Å². The van der Waals surface area contributed by atoms with Gasteiger partial charge < -0.3 is 10.6 Å². The molecule has 0 saturated heterocycles. The van der Waals surface area contributed by atoms with Crippen LogP contribution in [0.4, 0.5) is 5.69 Å². The maximum absolute atomic E-state index is 12.0. The number of anilines is 1. The first-order valence-corrected chi connectivity index (χ1v) is 7.77. The smallest absolute Gasteiger partial charge is 0.238 e. The van der Waals surface area contributed by atoms with Gasteiger partial charge in [-0.1, -0.05) is 47.5 Å². The van der Waals surface area contributed by atoms with E-state index in [-0.39, 0.29) is 18.5 Å². The molecule has 0 unspecified atom stereocenters. The van der Waals surface area contributed by atoms with Gasteiger partial charge in [-0.25, -0.2) is 0 Å². The lowest BCUT2D eigenvalue weighted by atomic mass is 10.1. The Kier molecular flexibility index (Phi) is 5.83. The van der Waals surface area contributed by atoms with E-state index in [0.29, 0.717) is 10.0 Å². The van der Waals surface area contributed by atoms with Gasteiger partial charge in [0.05, 0.1) is 6.54 Å². The summed E-state index contributed by atoms with van der Waals surface area (Å²) in [6.45, 7) is 4.09. The fraction of sp³-hybridized carbons (Fsp3) is 0.235. The van der Waals surface area contributed by atoms with Crippen molar-refractivity contribution >= 4 is 34.8 Å². The fourth-order valence-corrected chi connectivity index (χ4v) is 2.58. The van der Waals surface area contributed by atoms with Crippen molar-refractivity contribution in [3.8, 4) is 0 Å². The van der Waals surface area contributed by atoms with Gasteiger partial charge in [0.2, 0.25) is 5.91 Å². The summed E-state index contributed by atoms with van der Waals surface area (Å²) < 4.78 is 0. The predicted octanol–water partition coefficient (Wildman–Crippen LogP) is 4.59. The molecule has 0 fully saturated rings. The van der Waals surface area contributed by atoms with Crippen molar-refractivity contribution in [2.45, 2.75) is 19.9 Å². The van der Waals surface area contributed by atoms with Crippen LogP contribution in [0.1, 0.15) is 24.1 Å². The number of nitrogens with one attached hydrogen (secondary N) is 2. The Morgan fingerprint density at radius 3 is 2.64 bits per heavy atom. The molecule has 5 heteroatoms. The highest BCUT2D eigenvalue weighted by molar-refractivity contribution is 6.31. The lowest BCUT2D eigenvalue weighted by Crippen LogP contribution is -2.30. The van der Waals surface area contributed by atoms with E-state index >= 15 is 0 Å². The molecule has 116 valence electrons. The number of aryl methyl sites for hydroxylation is 1. The zero-order valence-corrected chi connectivity index (χ0v) is 14.0. The van der Waals surface area contributed by atoms with Gasteiger partial charge in [-0.3, -0.25) is 4.79 Å². The van der Waals surface area contributed by atoms with Crippen molar-refractivity contribution in [3.63, 3.8) is 0 Å². The highest BCUT2D eigenvalue weighted by Gasteiger charge is 2.11. The largest absolute Gasteiger partial charge is 0.325 e. The Balaban J connectivity index is 1.93. The minimum atomic E-state index is -0.121. The maximum atomic E-state index is 12.0. The zero-order chi connectivity index (χ0) is 16.1. The van der Waals surface area contributed by atoms with Gasteiger partial charge in [-0.05, 0) is 43.2 Å². The topological polar surface area (TPSA) is 41.1 Å². The minimum absolute atomic E-state index is 0.0140. The molecule has 2 aromatic rings. The van der Waals surface area contributed by atoms with Crippen LogP contribution in [0, 0.1) is 6.92 Å². The molecule has 0 heterocycles. The van der Waals surface area contributed by atoms with E-state index < -0.39 is 0 Å². The van der Waals surface area contributed by atoms with Crippen LogP contribution in [0.3, 0.4) is 0 Å². The summed E-state index contributed by atoms with van der Waals surface area (Å²) in [6.07, 6.45) is 0. The molecule has 22 heavy (non-hydrogen) atoms. The standard InChI is InChI=1S/C17H18Cl2N2O/c1-11-7-8-13(18)9-16(11)21-17(22)10-20-12(2)14-5-3-4-6-15(14)19/h3-9,12,20H,10H2,1-2H3,(H,21,22)/t12-/m1/s1. The average molecular weight is 337 g/mol. The molecule has 0 saturated carbocycles. The Morgan fingerprint density at radius 2 is 1.91 bits per heavy atom. The van der Waals surface area contributed by atoms with Crippen LogP contribution in [0.2, 0.25) is 10.0 Å². The van der Waals surface area contributed by atoms with Crippen LogP contribution in [-0.4, -0.2) is 12.5 Å². The van der Waals surface area contributed by atoms with Gasteiger partial charge in [0.25, 0.3) is 0 Å². The fourth-order valence-electron chi connectivity index (χ4n) is 2.11. The van der Waals surface area contributed by atoms with Crippen LogP contribution in [0.15, 0.2) is 42.5 Å². The second-order valence-electron chi connectivity index (χ2n) is 5.13. The number of halogens is 2. The minimum Gasteiger partial charge on any atom is -0.325 e. The first-order valence-electron chi connectivity index (χ1n) is 7.01. The number of hydrogen-bond donors (Lipinski definition) is 2. The third-order valence-corrected chi connectivity index (χ3v) is 3.99. The maximum Gasteiger partial charge on any atom is 0.238 e. The van der Waals surface area contributed by atoms with Gasteiger partial charge in [0.15, 0.2) is 0 Å². The lowest BCUT2D eigenvalue weighted by molar-refractivity contribution is -0.115. The van der Waals surface area contributed by atoms with Crippen molar-refractivity contribution in [1.29, 1.82) is 0 Å². The van der Waals surface area contributed by atoms with Crippen molar-refractivity contribution in [2.24, 2.45) is 0 Å². The molecule has 2 N–H and O–H groups in total. The molecular weight excluding hydrogens is 319 g/mol. The second kappa shape index (κ2) is 7.63. The van der Waals surface area contributed by atoms with Crippen LogP contribution in [-0.2, 0) is 4.79 Å². The van der Waals surface area contributed by atoms with Crippen molar-refractivity contribution in [1.82, 2.24) is 5.32 Å². The molecule has 0 aromatic heterocycles. The monoisotopic (exact) mass is 336 g/mol. The Bertz CT molecular complexity index is 673. The summed E-state index contributed by atoms with van der Waals surface area (Å²) in [6, 6.07) is 13.0. The van der Waals surface area contributed by atoms with Gasteiger partial charge in [0.1, 0.15) is 0 Å². The Morgan fingerprint density at radius 1 is 1.18 bits per heavy atom. The predicted molar refractivity (Wildman–Crippen MR) is 92.7 cm³/mol. The number of rotatable bonds is 5. The molecule has 0 radical (unpaired) electrons. The Labute approximate surface area is 140 Å². The summed E-state index contributed by atoms with van der Waals surface area (Å²) >= 11 is 12.1. The molecule has 0 aliphatic heterocycles. The van der Waals surface area contributed by atoms with Gasteiger partial charge >= 0.3 is 0 Å². The van der Waals surface area contributed by atoms with E-state index in [2.05, 4.69) is 10.6 Å². The quantitative estimate of drug-likeness (QED) is 0.838. The number of carbonyl (C=O) groups excluding carboxylic acids is 1. The highest BCUT2D eigenvalue weighted by atomic mass is 35.5. The number of amides is 1. The van der Waals surface area contributed by atoms with E-state index in [0.717, 1.165) is 16.8 Å². The van der Waals surface area contributed by atoms with Crippen molar-refractivity contribution in [3.05, 3.63) is 63.6 Å². The zero-order valence-electron chi connectivity index (χ0n) is 12.5. The van der Waals surface area contributed by atoms with Gasteiger partial charge in [-0.15, -0.1) is 0 Å². The first-order chi connectivity index (χ1) is 10.5. The summed E-state index contributed by atoms with van der Waals surface area (Å²) in [5, 5.41) is 7.30. The molecule has 0 aliphatic rings. The number of benzene rings is 2. The van der Waals surface area contributed by atoms with Crippen LogP contribution < -0.4 is 10.6 Å². The number of hydrogen-bond acceptors (Lipinski definition) is 2. The molecule has 2 rings (SSSR count). The molecule has 1 atom stereocenters. The van der Waals surface area contributed by atoms with Crippen molar-refractivity contribution in [2.75, 3.05) is 11.9 Å². The summed E-state index contributed by atoms with van der Waals surface area (Å²) in [5.74, 6) is -0.121. The molecule has 3 nitrogen and oxygen atoms in total. The van der Waals surface area contributed by atoms with Gasteiger partial charge in [-0.2, -0.15) is 0 Å². The average Bonchev–Trinajstić information content (AvgIpc) is 2.49. The highest BCUT2D eigenvalue weighted by Crippen LogP contribution is 2.22. The van der Waals surface area contributed by atoms with E-state index in [9.17, 15) is 4.79 Å². The summed E-state index contributed by atoms with van der Waals surface area (Å²) in [7, 11) is 0. The van der Waals surface area contributed by atoms with Crippen molar-refractivity contribution < 1.29 is 4.79 Å². The molecule has 0 bridgehead atoms. The van der Waals surface area contributed by atoms with E-state index in [1.54, 1.807) is 12.1 Å². The SMILES string of the molecule is Cc1ccc(Cl)cc1NC(=O)CN[C@H](C)c1ccccc1Cl. The molecule has 0 spiro atoms.